The number of hydrogen-bond donors (Lipinski definition) is 2. The lowest BCUT2D eigenvalue weighted by Gasteiger charge is -2.06. The van der Waals surface area contributed by atoms with Crippen LogP contribution in [0.1, 0.15) is 16.2 Å². The highest BCUT2D eigenvalue weighted by Crippen LogP contribution is 2.01. The van der Waals surface area contributed by atoms with Gasteiger partial charge in [-0.15, -0.1) is 0 Å². The van der Waals surface area contributed by atoms with Crippen molar-refractivity contribution < 1.29 is 9.18 Å². The number of carbonyl (C=O) groups is 1. The van der Waals surface area contributed by atoms with Crippen LogP contribution in [-0.2, 0) is 6.67 Å². The molecule has 0 fully saturated rings. The van der Waals surface area contributed by atoms with Crippen molar-refractivity contribution in [1.82, 2.24) is 14.9 Å². The fourth-order valence-corrected chi connectivity index (χ4v) is 1.49. The minimum Gasteiger partial charge on any atom is -0.267 e. The van der Waals surface area contributed by atoms with Gasteiger partial charge in [0, 0.05) is 5.56 Å². The van der Waals surface area contributed by atoms with Crippen LogP contribution in [0.25, 0.3) is 0 Å². The van der Waals surface area contributed by atoms with E-state index in [1.165, 1.54) is 0 Å². The van der Waals surface area contributed by atoms with Crippen LogP contribution in [-0.4, -0.2) is 20.8 Å². The first-order valence-electron chi connectivity index (χ1n) is 4.81. The fourth-order valence-electron chi connectivity index (χ4n) is 1.29. The van der Waals surface area contributed by atoms with Gasteiger partial charge >= 0.3 is 0 Å². The lowest BCUT2D eigenvalue weighted by molar-refractivity contribution is 0.101. The van der Waals surface area contributed by atoms with Crippen LogP contribution in [0.2, 0.25) is 0 Å². The Bertz CT molecular complexity index is 577. The van der Waals surface area contributed by atoms with Crippen molar-refractivity contribution in [2.45, 2.75) is 6.67 Å². The Morgan fingerprint density at radius 2 is 2.18 bits per heavy atom. The van der Waals surface area contributed by atoms with Gasteiger partial charge in [-0.25, -0.2) is 9.07 Å². The zero-order chi connectivity index (χ0) is 12.3. The second-order valence-electron chi connectivity index (χ2n) is 3.22. The van der Waals surface area contributed by atoms with Gasteiger partial charge in [0.25, 0.3) is 5.91 Å². The number of nitrogens with zero attached hydrogens (tertiary/aromatic N) is 2. The molecule has 0 unspecified atom stereocenters. The Hall–Kier alpha value is -2.02. The maximum atomic E-state index is 12.6. The predicted molar refractivity (Wildman–Crippen MR) is 62.4 cm³/mol. The summed E-state index contributed by atoms with van der Waals surface area (Å²) in [5, 5.41) is 6.04. The van der Waals surface area contributed by atoms with Crippen molar-refractivity contribution in [2.24, 2.45) is 0 Å². The van der Waals surface area contributed by atoms with Gasteiger partial charge in [-0.1, -0.05) is 18.2 Å². The number of amides is 1. The highest BCUT2D eigenvalue weighted by Gasteiger charge is 2.10. The van der Waals surface area contributed by atoms with Gasteiger partial charge in [-0.2, -0.15) is 5.10 Å². The molecule has 88 valence electrons. The summed E-state index contributed by atoms with van der Waals surface area (Å²) in [6, 6.07) is 8.56. The van der Waals surface area contributed by atoms with E-state index in [0.717, 1.165) is 4.68 Å². The van der Waals surface area contributed by atoms with Crippen LogP contribution in [0, 0.1) is 4.77 Å². The van der Waals surface area contributed by atoms with Crippen LogP contribution >= 0.6 is 12.2 Å². The summed E-state index contributed by atoms with van der Waals surface area (Å²) < 4.78 is 13.8. The Morgan fingerprint density at radius 3 is 2.82 bits per heavy atom. The molecule has 0 aliphatic heterocycles. The lowest BCUT2D eigenvalue weighted by atomic mass is 10.2. The first kappa shape index (κ1) is 11.5. The summed E-state index contributed by atoms with van der Waals surface area (Å²) >= 11 is 4.87. The van der Waals surface area contributed by atoms with Gasteiger partial charge in [0.2, 0.25) is 4.77 Å². The summed E-state index contributed by atoms with van der Waals surface area (Å²) in [5.41, 5.74) is 2.92. The normalized spacial score (nSPS) is 10.2. The van der Waals surface area contributed by atoms with E-state index in [1.807, 2.05) is 0 Å². The van der Waals surface area contributed by atoms with E-state index in [2.05, 4.69) is 15.6 Å². The van der Waals surface area contributed by atoms with E-state index >= 15 is 0 Å². The Balaban J connectivity index is 2.25. The summed E-state index contributed by atoms with van der Waals surface area (Å²) in [6.07, 6.45) is 0. The number of carbonyl (C=O) groups excluding carboxylic acids is 1. The van der Waals surface area contributed by atoms with Crippen molar-refractivity contribution in [3.63, 3.8) is 0 Å². The standard InChI is InChI=1S/C10H9FN4OS/c11-6-8-12-13-10(17)15(8)14-9(16)7-4-2-1-3-5-7/h1-5H,6H2,(H,13,17)(H,14,16). The molecular weight excluding hydrogens is 243 g/mol. The molecule has 1 aromatic heterocycles. The number of rotatable bonds is 3. The van der Waals surface area contributed by atoms with Crippen molar-refractivity contribution in [2.75, 3.05) is 5.43 Å². The number of nitrogens with one attached hydrogen (secondary N) is 2. The largest absolute Gasteiger partial charge is 0.270 e. The van der Waals surface area contributed by atoms with Gasteiger partial charge in [-0.05, 0) is 24.4 Å². The Morgan fingerprint density at radius 1 is 1.47 bits per heavy atom. The van der Waals surface area contributed by atoms with Gasteiger partial charge < -0.3 is 0 Å². The minimum atomic E-state index is -0.817. The molecule has 0 aliphatic carbocycles. The van der Waals surface area contributed by atoms with Crippen molar-refractivity contribution >= 4 is 18.1 Å². The first-order chi connectivity index (χ1) is 8.22. The molecule has 7 heteroatoms. The van der Waals surface area contributed by atoms with Crippen LogP contribution in [0.15, 0.2) is 30.3 Å². The lowest BCUT2D eigenvalue weighted by Crippen LogP contribution is -2.24. The van der Waals surface area contributed by atoms with E-state index in [0.29, 0.717) is 5.56 Å². The van der Waals surface area contributed by atoms with Gasteiger partial charge in [0.1, 0.15) is 0 Å². The maximum absolute atomic E-state index is 12.6. The highest BCUT2D eigenvalue weighted by molar-refractivity contribution is 7.71. The zero-order valence-corrected chi connectivity index (χ0v) is 9.50. The van der Waals surface area contributed by atoms with E-state index in [9.17, 15) is 9.18 Å². The molecule has 17 heavy (non-hydrogen) atoms. The molecule has 2 N–H and O–H groups in total. The monoisotopic (exact) mass is 252 g/mol. The quantitative estimate of drug-likeness (QED) is 0.819. The minimum absolute atomic E-state index is 0.0271. The molecule has 1 amide bonds. The molecular formula is C10H9FN4OS. The molecule has 0 saturated carbocycles. The molecule has 2 aromatic rings. The maximum Gasteiger partial charge on any atom is 0.270 e. The summed E-state index contributed by atoms with van der Waals surface area (Å²) in [5.74, 6) is -0.350. The summed E-state index contributed by atoms with van der Waals surface area (Å²) in [6.45, 7) is -0.817. The smallest absolute Gasteiger partial charge is 0.267 e. The SMILES string of the molecule is O=C(Nn1c(CF)n[nH]c1=S)c1ccccc1. The fraction of sp³-hybridized carbons (Fsp3) is 0.100. The molecule has 0 bridgehead atoms. The predicted octanol–water partition coefficient (Wildman–Crippen LogP) is 1.79. The number of halogens is 1. The molecule has 1 aromatic carbocycles. The second kappa shape index (κ2) is 4.88. The van der Waals surface area contributed by atoms with Crippen LogP contribution < -0.4 is 5.43 Å². The molecule has 0 radical (unpaired) electrons. The molecule has 5 nitrogen and oxygen atoms in total. The molecule has 0 spiro atoms. The van der Waals surface area contributed by atoms with Gasteiger partial charge in [-0.3, -0.25) is 15.3 Å². The van der Waals surface area contributed by atoms with Crippen LogP contribution in [0.4, 0.5) is 4.39 Å². The van der Waals surface area contributed by atoms with Crippen molar-refractivity contribution in [3.8, 4) is 0 Å². The number of H-pyrrole nitrogens is 1. The Kier molecular flexibility index (Phi) is 3.29. The average molecular weight is 252 g/mol. The highest BCUT2D eigenvalue weighted by atomic mass is 32.1. The van der Waals surface area contributed by atoms with Crippen molar-refractivity contribution in [1.29, 1.82) is 0 Å². The zero-order valence-electron chi connectivity index (χ0n) is 8.68. The second-order valence-corrected chi connectivity index (χ2v) is 3.61. The van der Waals surface area contributed by atoms with Gasteiger partial charge in [0.05, 0.1) is 0 Å². The molecule has 1 heterocycles. The topological polar surface area (TPSA) is 62.7 Å². The third-order valence-electron chi connectivity index (χ3n) is 2.11. The van der Waals surface area contributed by atoms with E-state index in [1.54, 1.807) is 30.3 Å². The Labute approximate surface area is 101 Å². The number of hydrogen-bond acceptors (Lipinski definition) is 3. The van der Waals surface area contributed by atoms with Crippen molar-refractivity contribution in [3.05, 3.63) is 46.5 Å². The van der Waals surface area contributed by atoms with E-state index in [4.69, 9.17) is 12.2 Å². The number of alkyl halides is 1. The van der Waals surface area contributed by atoms with Gasteiger partial charge in [0.15, 0.2) is 12.5 Å². The van der Waals surface area contributed by atoms with E-state index in [-0.39, 0.29) is 16.5 Å². The molecule has 2 rings (SSSR count). The summed E-state index contributed by atoms with van der Waals surface area (Å²) in [4.78, 5) is 11.8. The third kappa shape index (κ3) is 2.39. The number of aromatic amines is 1. The number of benzene rings is 1. The third-order valence-corrected chi connectivity index (χ3v) is 2.38. The van der Waals surface area contributed by atoms with Crippen LogP contribution in [0.5, 0.6) is 0 Å². The number of aromatic nitrogens is 3. The van der Waals surface area contributed by atoms with E-state index < -0.39 is 6.67 Å². The average Bonchev–Trinajstić information content (AvgIpc) is 2.71. The first-order valence-corrected chi connectivity index (χ1v) is 5.22. The van der Waals surface area contributed by atoms with Crippen LogP contribution in [0.3, 0.4) is 0 Å². The molecule has 0 saturated heterocycles. The molecule has 0 aliphatic rings. The summed E-state index contributed by atoms with van der Waals surface area (Å²) in [7, 11) is 0. The molecule has 0 atom stereocenters.